The van der Waals surface area contributed by atoms with Gasteiger partial charge >= 0.3 is 0 Å². The number of hydrogen-bond acceptors (Lipinski definition) is 6. The lowest BCUT2D eigenvalue weighted by atomic mass is 10.0. The molecule has 3 aromatic heterocycles. The Kier molecular flexibility index (Phi) is 6.62. The Morgan fingerprint density at radius 1 is 0.600 bits per heavy atom. The largest absolute Gasteiger partial charge is 0.436 e. The summed E-state index contributed by atoms with van der Waals surface area (Å²) in [5.74, 6) is 3.09. The number of aromatic nitrogens is 4. The van der Waals surface area contributed by atoms with Crippen molar-refractivity contribution in [3.8, 4) is 56.9 Å². The van der Waals surface area contributed by atoms with Crippen LogP contribution >= 0.6 is 11.3 Å². The molecular formula is C39H26N4OS. The topological polar surface area (TPSA) is 64.7 Å². The minimum Gasteiger partial charge on any atom is -0.436 e. The average Bonchev–Trinajstić information content (AvgIpc) is 3.71. The number of nitrogens with zero attached hydrogens (tertiary/aromatic N) is 4. The van der Waals surface area contributed by atoms with Crippen LogP contribution in [0, 0.1) is 6.92 Å². The molecular weight excluding hydrogens is 573 g/mol. The lowest BCUT2D eigenvalue weighted by Crippen LogP contribution is -2.00. The van der Waals surface area contributed by atoms with Crippen LogP contribution in [0.2, 0.25) is 0 Å². The van der Waals surface area contributed by atoms with Crippen molar-refractivity contribution in [2.24, 2.45) is 0 Å². The van der Waals surface area contributed by atoms with Gasteiger partial charge in [0.2, 0.25) is 5.89 Å². The third-order valence-corrected chi connectivity index (χ3v) is 9.13. The van der Waals surface area contributed by atoms with Crippen molar-refractivity contribution in [3.05, 3.63) is 139 Å². The van der Waals surface area contributed by atoms with E-state index in [1.165, 1.54) is 15.5 Å². The molecule has 8 rings (SSSR count). The highest BCUT2D eigenvalue weighted by Gasteiger charge is 2.20. The molecule has 214 valence electrons. The molecule has 0 aliphatic carbocycles. The Labute approximate surface area is 264 Å². The van der Waals surface area contributed by atoms with Gasteiger partial charge in [0.15, 0.2) is 23.2 Å². The molecule has 6 heteroatoms. The van der Waals surface area contributed by atoms with E-state index in [4.69, 9.17) is 24.4 Å². The Hall–Kier alpha value is -5.72. The van der Waals surface area contributed by atoms with Crippen molar-refractivity contribution in [3.63, 3.8) is 0 Å². The van der Waals surface area contributed by atoms with E-state index in [-0.39, 0.29) is 0 Å². The van der Waals surface area contributed by atoms with Crippen molar-refractivity contribution in [2.45, 2.75) is 6.92 Å². The van der Waals surface area contributed by atoms with Gasteiger partial charge in [-0.05, 0) is 36.8 Å². The fraction of sp³-hybridized carbons (Fsp3) is 0.0256. The second-order valence-corrected chi connectivity index (χ2v) is 11.8. The summed E-state index contributed by atoms with van der Waals surface area (Å²) in [6, 6.07) is 41.0. The summed E-state index contributed by atoms with van der Waals surface area (Å²) in [6.45, 7) is 6.11. The highest BCUT2D eigenvalue weighted by molar-refractivity contribution is 7.26. The Bertz CT molecular complexity index is 2300. The van der Waals surface area contributed by atoms with Gasteiger partial charge in [0.1, 0.15) is 5.69 Å². The van der Waals surface area contributed by atoms with Gasteiger partial charge in [-0.1, -0.05) is 110 Å². The molecule has 0 spiro atoms. The molecule has 0 fully saturated rings. The SMILES string of the molecule is C=Cc1oc(-c2cccc3c2sc2ccccc23)nc1-c1ccc(-c2nc(-c3ccccc3)nc(-c3ccccc3)n2)cc1C. The first-order valence-electron chi connectivity index (χ1n) is 14.7. The molecule has 0 aliphatic rings. The zero-order chi connectivity index (χ0) is 30.3. The Balaban J connectivity index is 1.22. The number of oxazole rings is 1. The second kappa shape index (κ2) is 11.1. The molecule has 0 unspecified atom stereocenters. The van der Waals surface area contributed by atoms with Gasteiger partial charge in [-0.3, -0.25) is 0 Å². The normalized spacial score (nSPS) is 11.3. The average molecular weight is 599 g/mol. The van der Waals surface area contributed by atoms with Crippen LogP contribution in [-0.4, -0.2) is 19.9 Å². The molecule has 0 aliphatic heterocycles. The third kappa shape index (κ3) is 4.82. The lowest BCUT2D eigenvalue weighted by molar-refractivity contribution is 0.566. The van der Waals surface area contributed by atoms with Crippen molar-refractivity contribution >= 4 is 37.6 Å². The molecule has 0 atom stereocenters. The number of fused-ring (bicyclic) bond motifs is 3. The van der Waals surface area contributed by atoms with Crippen LogP contribution in [0.25, 0.3) is 83.1 Å². The fourth-order valence-corrected chi connectivity index (χ4v) is 6.91. The maximum atomic E-state index is 6.35. The van der Waals surface area contributed by atoms with Gasteiger partial charge in [0.05, 0.1) is 5.56 Å². The van der Waals surface area contributed by atoms with Crippen LogP contribution in [-0.2, 0) is 0 Å². The summed E-state index contributed by atoms with van der Waals surface area (Å²) < 4.78 is 8.75. The summed E-state index contributed by atoms with van der Waals surface area (Å²) in [7, 11) is 0. The maximum Gasteiger partial charge on any atom is 0.228 e. The van der Waals surface area contributed by atoms with Crippen molar-refractivity contribution in [1.29, 1.82) is 0 Å². The molecule has 45 heavy (non-hydrogen) atoms. The van der Waals surface area contributed by atoms with E-state index in [0.717, 1.165) is 43.8 Å². The first-order valence-corrected chi connectivity index (χ1v) is 15.5. The van der Waals surface area contributed by atoms with Crippen molar-refractivity contribution in [2.75, 3.05) is 0 Å². The van der Waals surface area contributed by atoms with Crippen LogP contribution in [0.5, 0.6) is 0 Å². The fourth-order valence-electron chi connectivity index (χ4n) is 5.70. The van der Waals surface area contributed by atoms with E-state index in [1.807, 2.05) is 66.7 Å². The molecule has 0 radical (unpaired) electrons. The minimum absolute atomic E-state index is 0.581. The predicted molar refractivity (Wildman–Crippen MR) is 185 cm³/mol. The molecule has 0 N–H and O–H groups in total. The van der Waals surface area contributed by atoms with Crippen LogP contribution in [0.1, 0.15) is 11.3 Å². The first-order chi connectivity index (χ1) is 22.2. The van der Waals surface area contributed by atoms with E-state index in [9.17, 15) is 0 Å². The van der Waals surface area contributed by atoms with Gasteiger partial charge in [-0.25, -0.2) is 19.9 Å². The monoisotopic (exact) mass is 598 g/mol. The van der Waals surface area contributed by atoms with Gasteiger partial charge in [0.25, 0.3) is 0 Å². The maximum absolute atomic E-state index is 6.35. The standard InChI is InChI=1S/C39H26N4OS/c1-3-32-34(40-39(44-32)31-19-12-18-30-29-17-10-11-20-33(29)45-35(30)31)28-22-21-27(23-24(28)2)38-42-36(25-13-6-4-7-14-25)41-37(43-38)26-15-8-5-9-16-26/h3-23H,1H2,2H3. The number of rotatable bonds is 6. The highest BCUT2D eigenvalue weighted by atomic mass is 32.1. The van der Waals surface area contributed by atoms with Gasteiger partial charge in [-0.15, -0.1) is 11.3 Å². The molecule has 5 aromatic carbocycles. The summed E-state index contributed by atoms with van der Waals surface area (Å²) in [5.41, 5.74) is 6.49. The van der Waals surface area contributed by atoms with Crippen LogP contribution < -0.4 is 0 Å². The number of aryl methyl sites for hydroxylation is 1. The lowest BCUT2D eigenvalue weighted by Gasteiger charge is -2.10. The Morgan fingerprint density at radius 3 is 1.89 bits per heavy atom. The van der Waals surface area contributed by atoms with Crippen molar-refractivity contribution in [1.82, 2.24) is 19.9 Å². The summed E-state index contributed by atoms with van der Waals surface area (Å²) in [4.78, 5) is 19.7. The summed E-state index contributed by atoms with van der Waals surface area (Å²) in [6.07, 6.45) is 1.73. The van der Waals surface area contributed by atoms with Crippen molar-refractivity contribution < 1.29 is 4.42 Å². The molecule has 8 aromatic rings. The van der Waals surface area contributed by atoms with E-state index in [1.54, 1.807) is 17.4 Å². The van der Waals surface area contributed by atoms with E-state index in [2.05, 4.69) is 68.1 Å². The van der Waals surface area contributed by atoms with E-state index < -0.39 is 0 Å². The minimum atomic E-state index is 0.581. The van der Waals surface area contributed by atoms with E-state index in [0.29, 0.717) is 29.1 Å². The number of thiophene rings is 1. The zero-order valence-corrected chi connectivity index (χ0v) is 25.3. The van der Waals surface area contributed by atoms with Gasteiger partial charge < -0.3 is 4.42 Å². The quantitative estimate of drug-likeness (QED) is 0.190. The second-order valence-electron chi connectivity index (χ2n) is 10.8. The molecule has 0 amide bonds. The molecule has 3 heterocycles. The van der Waals surface area contributed by atoms with Crippen LogP contribution in [0.4, 0.5) is 0 Å². The predicted octanol–water partition coefficient (Wildman–Crippen LogP) is 10.5. The van der Waals surface area contributed by atoms with Crippen LogP contribution in [0.15, 0.2) is 132 Å². The van der Waals surface area contributed by atoms with Gasteiger partial charge in [-0.2, -0.15) is 0 Å². The third-order valence-electron chi connectivity index (χ3n) is 7.91. The van der Waals surface area contributed by atoms with E-state index >= 15 is 0 Å². The summed E-state index contributed by atoms with van der Waals surface area (Å²) >= 11 is 1.76. The smallest absolute Gasteiger partial charge is 0.228 e. The number of hydrogen-bond donors (Lipinski definition) is 0. The number of benzene rings is 5. The van der Waals surface area contributed by atoms with Gasteiger partial charge in [0, 0.05) is 42.4 Å². The molecule has 0 bridgehead atoms. The Morgan fingerprint density at radius 2 is 1.22 bits per heavy atom. The molecule has 0 saturated carbocycles. The molecule has 5 nitrogen and oxygen atoms in total. The van der Waals surface area contributed by atoms with Crippen LogP contribution in [0.3, 0.4) is 0 Å². The zero-order valence-electron chi connectivity index (χ0n) is 24.4. The molecule has 0 saturated heterocycles. The first kappa shape index (κ1) is 26.9. The highest BCUT2D eigenvalue weighted by Crippen LogP contribution is 2.41. The summed E-state index contributed by atoms with van der Waals surface area (Å²) in [5, 5.41) is 2.45.